The van der Waals surface area contributed by atoms with Crippen LogP contribution in [0.25, 0.3) is 0 Å². The van der Waals surface area contributed by atoms with Crippen LogP contribution in [0.2, 0.25) is 0 Å². The number of hydrogen-bond acceptors (Lipinski definition) is 3. The van der Waals surface area contributed by atoms with E-state index in [4.69, 9.17) is 0 Å². The lowest BCUT2D eigenvalue weighted by atomic mass is 9.99. The molecule has 1 fully saturated rings. The number of hydrogen-bond donors (Lipinski definition) is 1. The van der Waals surface area contributed by atoms with Crippen molar-refractivity contribution < 1.29 is 5.11 Å². The molecule has 13 heavy (non-hydrogen) atoms. The van der Waals surface area contributed by atoms with Crippen molar-refractivity contribution in [3.8, 4) is 0 Å². The Bertz CT molecular complexity index is 152. The second-order valence-electron chi connectivity index (χ2n) is 4.17. The quantitative estimate of drug-likeness (QED) is 0.696. The van der Waals surface area contributed by atoms with Gasteiger partial charge in [-0.2, -0.15) is 0 Å². The summed E-state index contributed by atoms with van der Waals surface area (Å²) in [5.74, 6) is 0.594. The molecule has 0 aromatic rings. The predicted octanol–water partition coefficient (Wildman–Crippen LogP) is 0.598. The molecule has 1 aliphatic rings. The van der Waals surface area contributed by atoms with Gasteiger partial charge in [-0.05, 0) is 13.0 Å². The van der Waals surface area contributed by atoms with E-state index in [-0.39, 0.29) is 0 Å². The molecule has 1 rings (SSSR count). The summed E-state index contributed by atoms with van der Waals surface area (Å²) in [4.78, 5) is 4.68. The Morgan fingerprint density at radius 1 is 1.38 bits per heavy atom. The molecule has 2 atom stereocenters. The number of aliphatic hydroxyl groups excluding tert-OH is 1. The molecule has 78 valence electrons. The van der Waals surface area contributed by atoms with Crippen LogP contribution < -0.4 is 0 Å². The average Bonchev–Trinajstić information content (AvgIpc) is 2.53. The van der Waals surface area contributed by atoms with E-state index in [9.17, 15) is 5.11 Å². The van der Waals surface area contributed by atoms with E-state index < -0.39 is 0 Å². The van der Waals surface area contributed by atoms with Crippen molar-refractivity contribution in [2.24, 2.45) is 5.92 Å². The molecule has 3 heteroatoms. The first-order chi connectivity index (χ1) is 6.19. The standard InChI is InChI=1S/C10H22N2O/c1-4-9(2)10(7-13)12-6-5-11(3)8-12/h9-10,13H,4-8H2,1-3H3. The van der Waals surface area contributed by atoms with Crippen LogP contribution >= 0.6 is 0 Å². The summed E-state index contributed by atoms with van der Waals surface area (Å²) in [6, 6.07) is 0.356. The maximum atomic E-state index is 9.31. The Morgan fingerprint density at radius 3 is 2.46 bits per heavy atom. The summed E-state index contributed by atoms with van der Waals surface area (Å²) in [5.41, 5.74) is 0. The number of likely N-dealkylation sites (N-methyl/N-ethyl adjacent to an activating group) is 1. The fourth-order valence-corrected chi connectivity index (χ4v) is 1.95. The molecule has 0 aromatic carbocycles. The zero-order chi connectivity index (χ0) is 9.84. The summed E-state index contributed by atoms with van der Waals surface area (Å²) in [6.45, 7) is 7.95. The van der Waals surface area contributed by atoms with Gasteiger partial charge >= 0.3 is 0 Å². The third kappa shape index (κ3) is 2.66. The van der Waals surface area contributed by atoms with Gasteiger partial charge in [0.2, 0.25) is 0 Å². The molecular formula is C10H22N2O. The van der Waals surface area contributed by atoms with Crippen molar-refractivity contribution in [1.82, 2.24) is 9.80 Å². The third-order valence-electron chi connectivity index (χ3n) is 3.15. The van der Waals surface area contributed by atoms with E-state index in [0.717, 1.165) is 26.2 Å². The molecule has 0 spiro atoms. The SMILES string of the molecule is CCC(C)C(CO)N1CCN(C)C1. The second-order valence-corrected chi connectivity index (χ2v) is 4.17. The number of aliphatic hydroxyl groups is 1. The lowest BCUT2D eigenvalue weighted by Gasteiger charge is -2.30. The second kappa shape index (κ2) is 4.94. The molecule has 2 unspecified atom stereocenters. The van der Waals surface area contributed by atoms with Gasteiger partial charge in [0.25, 0.3) is 0 Å². The van der Waals surface area contributed by atoms with Gasteiger partial charge in [0, 0.05) is 19.1 Å². The number of nitrogens with zero attached hydrogens (tertiary/aromatic N) is 2. The minimum atomic E-state index is 0.294. The van der Waals surface area contributed by atoms with Crippen LogP contribution in [0.15, 0.2) is 0 Å². The fourth-order valence-electron chi connectivity index (χ4n) is 1.95. The minimum absolute atomic E-state index is 0.294. The molecule has 1 saturated heterocycles. The summed E-state index contributed by atoms with van der Waals surface area (Å²) in [7, 11) is 2.13. The highest BCUT2D eigenvalue weighted by molar-refractivity contribution is 4.79. The van der Waals surface area contributed by atoms with E-state index in [1.165, 1.54) is 0 Å². The normalized spacial score (nSPS) is 24.9. The smallest absolute Gasteiger partial charge is 0.0589 e. The molecule has 3 nitrogen and oxygen atoms in total. The van der Waals surface area contributed by atoms with Crippen LogP contribution in [-0.2, 0) is 0 Å². The van der Waals surface area contributed by atoms with Gasteiger partial charge in [0.05, 0.1) is 13.3 Å². The maximum Gasteiger partial charge on any atom is 0.0589 e. The summed E-state index contributed by atoms with van der Waals surface area (Å²) < 4.78 is 0. The monoisotopic (exact) mass is 186 g/mol. The molecule has 0 bridgehead atoms. The Labute approximate surface area is 81.3 Å². The zero-order valence-corrected chi connectivity index (χ0v) is 9.03. The van der Waals surface area contributed by atoms with Crippen molar-refractivity contribution in [2.45, 2.75) is 26.3 Å². The van der Waals surface area contributed by atoms with Gasteiger partial charge < -0.3 is 5.11 Å². The predicted molar refractivity (Wildman–Crippen MR) is 54.5 cm³/mol. The molecule has 0 radical (unpaired) electrons. The largest absolute Gasteiger partial charge is 0.395 e. The van der Waals surface area contributed by atoms with Gasteiger partial charge in [-0.15, -0.1) is 0 Å². The fraction of sp³-hybridized carbons (Fsp3) is 1.00. The van der Waals surface area contributed by atoms with Gasteiger partial charge in [0.15, 0.2) is 0 Å². The molecule has 0 aromatic heterocycles. The molecule has 1 aliphatic heterocycles. The third-order valence-corrected chi connectivity index (χ3v) is 3.15. The average molecular weight is 186 g/mol. The summed E-state index contributed by atoms with van der Waals surface area (Å²) in [6.07, 6.45) is 1.14. The van der Waals surface area contributed by atoms with Crippen molar-refractivity contribution in [1.29, 1.82) is 0 Å². The van der Waals surface area contributed by atoms with Crippen LogP contribution in [-0.4, -0.2) is 54.4 Å². The van der Waals surface area contributed by atoms with E-state index in [1.807, 2.05) is 0 Å². The van der Waals surface area contributed by atoms with Crippen LogP contribution in [0.4, 0.5) is 0 Å². The molecule has 1 N–H and O–H groups in total. The Kier molecular flexibility index (Phi) is 4.16. The van der Waals surface area contributed by atoms with E-state index in [0.29, 0.717) is 18.6 Å². The highest BCUT2D eigenvalue weighted by atomic mass is 16.3. The summed E-state index contributed by atoms with van der Waals surface area (Å²) >= 11 is 0. The Hall–Kier alpha value is -0.120. The molecule has 0 amide bonds. The van der Waals surface area contributed by atoms with Gasteiger partial charge in [-0.3, -0.25) is 9.80 Å². The maximum absolute atomic E-state index is 9.31. The Balaban J connectivity index is 2.46. The minimum Gasteiger partial charge on any atom is -0.395 e. The van der Waals surface area contributed by atoms with Crippen molar-refractivity contribution in [3.63, 3.8) is 0 Å². The molecule has 0 saturated carbocycles. The van der Waals surface area contributed by atoms with Crippen molar-refractivity contribution >= 4 is 0 Å². The highest BCUT2D eigenvalue weighted by Crippen LogP contribution is 2.17. The van der Waals surface area contributed by atoms with Crippen LogP contribution in [0.5, 0.6) is 0 Å². The first-order valence-electron chi connectivity index (χ1n) is 5.22. The van der Waals surface area contributed by atoms with Crippen molar-refractivity contribution in [2.75, 3.05) is 33.4 Å². The van der Waals surface area contributed by atoms with Crippen LogP contribution in [0.3, 0.4) is 0 Å². The van der Waals surface area contributed by atoms with Gasteiger partial charge in [0.1, 0.15) is 0 Å². The zero-order valence-electron chi connectivity index (χ0n) is 9.03. The Morgan fingerprint density at radius 2 is 2.08 bits per heavy atom. The first kappa shape index (κ1) is 11.0. The topological polar surface area (TPSA) is 26.7 Å². The van der Waals surface area contributed by atoms with E-state index in [2.05, 4.69) is 30.7 Å². The lowest BCUT2D eigenvalue weighted by molar-refractivity contribution is 0.0919. The molecule has 1 heterocycles. The van der Waals surface area contributed by atoms with E-state index >= 15 is 0 Å². The van der Waals surface area contributed by atoms with Crippen molar-refractivity contribution in [3.05, 3.63) is 0 Å². The van der Waals surface area contributed by atoms with Crippen LogP contribution in [0.1, 0.15) is 20.3 Å². The summed E-state index contributed by atoms with van der Waals surface area (Å²) in [5, 5.41) is 9.31. The molecular weight excluding hydrogens is 164 g/mol. The highest BCUT2D eigenvalue weighted by Gasteiger charge is 2.27. The van der Waals surface area contributed by atoms with Crippen LogP contribution in [0, 0.1) is 5.92 Å². The lowest BCUT2D eigenvalue weighted by Crippen LogP contribution is -2.41. The van der Waals surface area contributed by atoms with E-state index in [1.54, 1.807) is 0 Å². The molecule has 0 aliphatic carbocycles. The number of rotatable bonds is 4. The van der Waals surface area contributed by atoms with Gasteiger partial charge in [-0.1, -0.05) is 20.3 Å². The van der Waals surface area contributed by atoms with Gasteiger partial charge in [-0.25, -0.2) is 0 Å². The first-order valence-corrected chi connectivity index (χ1v) is 5.22.